The molecule has 1 fully saturated rings. The number of nitro benzene ring substituents is 1. The van der Waals surface area contributed by atoms with Gasteiger partial charge in [-0.1, -0.05) is 0 Å². The van der Waals surface area contributed by atoms with Gasteiger partial charge in [-0.15, -0.1) is 0 Å². The van der Waals surface area contributed by atoms with Crippen LogP contribution in [-0.4, -0.2) is 37.7 Å². The first-order valence-corrected chi connectivity index (χ1v) is 7.42. The van der Waals surface area contributed by atoms with E-state index in [2.05, 4.69) is 5.10 Å². The first kappa shape index (κ1) is 17.6. The smallest absolute Gasteiger partial charge is 0.357 e. The van der Waals surface area contributed by atoms with Crippen LogP contribution in [0.25, 0.3) is 10.9 Å². The van der Waals surface area contributed by atoms with E-state index in [1.54, 1.807) is 0 Å². The lowest BCUT2D eigenvalue weighted by atomic mass is 10.0. The highest BCUT2D eigenvalue weighted by atomic mass is 19.4. The molecule has 0 spiro atoms. The van der Waals surface area contributed by atoms with E-state index in [0.29, 0.717) is 19.1 Å². The fourth-order valence-electron chi connectivity index (χ4n) is 2.74. The average Bonchev–Trinajstić information content (AvgIpc) is 2.96. The molecule has 2 N–H and O–H groups in total. The summed E-state index contributed by atoms with van der Waals surface area (Å²) in [5.41, 5.74) is -2.38. The minimum absolute atomic E-state index is 0.0356. The summed E-state index contributed by atoms with van der Waals surface area (Å²) in [5.74, 6) is -4.37. The molecule has 11 heteroatoms. The highest BCUT2D eigenvalue weighted by molar-refractivity contribution is 5.82. The molecule has 2 aromatic rings. The number of rotatable bonds is 3. The Labute approximate surface area is 138 Å². The standard InChI is InChI=1S/C14H14F3N3O5/c15-14(16,17)13(21,22)9-6-10-8(5-11(9)20(23)24)7-19(18-10)12-3-1-2-4-25-12/h5-7,12,21-22H,1-4H2. The van der Waals surface area contributed by atoms with Gasteiger partial charge in [0, 0.05) is 24.3 Å². The molecule has 0 amide bonds. The van der Waals surface area contributed by atoms with E-state index in [-0.39, 0.29) is 10.9 Å². The second kappa shape index (κ2) is 5.93. The molecule has 25 heavy (non-hydrogen) atoms. The average molecular weight is 361 g/mol. The number of nitro groups is 1. The minimum atomic E-state index is -5.51. The topological polar surface area (TPSA) is 111 Å². The second-order valence-electron chi connectivity index (χ2n) is 5.79. The summed E-state index contributed by atoms with van der Waals surface area (Å²) < 4.78 is 45.6. The fourth-order valence-corrected chi connectivity index (χ4v) is 2.74. The number of benzene rings is 1. The van der Waals surface area contributed by atoms with E-state index in [9.17, 15) is 33.5 Å². The summed E-state index contributed by atoms with van der Waals surface area (Å²) in [6.07, 6.45) is -2.09. The van der Waals surface area contributed by atoms with Gasteiger partial charge < -0.3 is 14.9 Å². The quantitative estimate of drug-likeness (QED) is 0.493. The molecule has 1 saturated heterocycles. The molecule has 1 unspecified atom stereocenters. The van der Waals surface area contributed by atoms with Crippen molar-refractivity contribution >= 4 is 16.6 Å². The number of aromatic nitrogens is 2. The van der Waals surface area contributed by atoms with Gasteiger partial charge in [-0.25, -0.2) is 4.68 Å². The zero-order valence-electron chi connectivity index (χ0n) is 12.7. The Morgan fingerprint density at radius 1 is 1.32 bits per heavy atom. The Bertz CT molecular complexity index is 812. The van der Waals surface area contributed by atoms with Crippen molar-refractivity contribution in [3.63, 3.8) is 0 Å². The summed E-state index contributed by atoms with van der Waals surface area (Å²) >= 11 is 0. The summed E-state index contributed by atoms with van der Waals surface area (Å²) in [4.78, 5) is 10.0. The van der Waals surface area contributed by atoms with Crippen LogP contribution in [0.5, 0.6) is 0 Å². The van der Waals surface area contributed by atoms with E-state index in [1.807, 2.05) is 0 Å². The normalized spacial score (nSPS) is 19.3. The zero-order valence-corrected chi connectivity index (χ0v) is 12.7. The highest BCUT2D eigenvalue weighted by Gasteiger charge is 2.57. The second-order valence-corrected chi connectivity index (χ2v) is 5.79. The van der Waals surface area contributed by atoms with Crippen LogP contribution in [0.2, 0.25) is 0 Å². The predicted molar refractivity (Wildman–Crippen MR) is 77.4 cm³/mol. The molecule has 1 atom stereocenters. The number of hydrogen-bond donors (Lipinski definition) is 2. The fraction of sp³-hybridized carbons (Fsp3) is 0.500. The van der Waals surface area contributed by atoms with Gasteiger partial charge in [0.15, 0.2) is 0 Å². The molecule has 0 radical (unpaired) electrons. The number of fused-ring (bicyclic) bond motifs is 1. The molecule has 3 rings (SSSR count). The Balaban J connectivity index is 2.13. The molecule has 8 nitrogen and oxygen atoms in total. The largest absolute Gasteiger partial charge is 0.448 e. The van der Waals surface area contributed by atoms with Crippen molar-refractivity contribution < 1.29 is 33.0 Å². The minimum Gasteiger partial charge on any atom is -0.357 e. The van der Waals surface area contributed by atoms with Crippen LogP contribution >= 0.6 is 0 Å². The lowest BCUT2D eigenvalue weighted by Crippen LogP contribution is -2.42. The Kier molecular flexibility index (Phi) is 4.17. The van der Waals surface area contributed by atoms with Crippen molar-refractivity contribution in [3.8, 4) is 0 Å². The van der Waals surface area contributed by atoms with E-state index in [4.69, 9.17) is 4.74 Å². The van der Waals surface area contributed by atoms with Crippen LogP contribution in [0.3, 0.4) is 0 Å². The van der Waals surface area contributed by atoms with Crippen molar-refractivity contribution in [1.29, 1.82) is 0 Å². The van der Waals surface area contributed by atoms with Gasteiger partial charge >= 0.3 is 6.18 Å². The van der Waals surface area contributed by atoms with Crippen molar-refractivity contribution in [2.45, 2.75) is 37.5 Å². The molecule has 1 aliphatic heterocycles. The molecular weight excluding hydrogens is 347 g/mol. The first-order valence-electron chi connectivity index (χ1n) is 7.42. The molecule has 1 aromatic carbocycles. The van der Waals surface area contributed by atoms with Gasteiger partial charge in [0.1, 0.15) is 11.8 Å². The third-order valence-electron chi connectivity index (χ3n) is 4.06. The number of alkyl halides is 3. The Morgan fingerprint density at radius 2 is 2.04 bits per heavy atom. The lowest BCUT2D eigenvalue weighted by Gasteiger charge is -2.24. The van der Waals surface area contributed by atoms with E-state index in [1.165, 1.54) is 10.9 Å². The highest BCUT2D eigenvalue weighted by Crippen LogP contribution is 2.42. The SMILES string of the molecule is O=[N+]([O-])c1cc2cn(C3CCCCO3)nc2cc1C(O)(O)C(F)(F)F. The molecule has 136 valence electrons. The third kappa shape index (κ3) is 3.05. The van der Waals surface area contributed by atoms with E-state index < -0.39 is 34.4 Å². The van der Waals surface area contributed by atoms with Gasteiger partial charge in [0.2, 0.25) is 0 Å². The van der Waals surface area contributed by atoms with E-state index in [0.717, 1.165) is 18.9 Å². The van der Waals surface area contributed by atoms with Gasteiger partial charge in [0.25, 0.3) is 11.5 Å². The van der Waals surface area contributed by atoms with Crippen LogP contribution in [0.15, 0.2) is 18.3 Å². The molecule has 1 aromatic heterocycles. The van der Waals surface area contributed by atoms with Gasteiger partial charge in [-0.3, -0.25) is 10.1 Å². The van der Waals surface area contributed by atoms with Crippen molar-refractivity contribution in [3.05, 3.63) is 34.0 Å². The van der Waals surface area contributed by atoms with Crippen molar-refractivity contribution in [1.82, 2.24) is 9.78 Å². The van der Waals surface area contributed by atoms with Gasteiger partial charge in [-0.2, -0.15) is 18.3 Å². The Morgan fingerprint density at radius 3 is 2.60 bits per heavy atom. The molecular formula is C14H14F3N3O5. The first-order chi connectivity index (χ1) is 11.6. The predicted octanol–water partition coefficient (Wildman–Crippen LogP) is 2.34. The monoisotopic (exact) mass is 361 g/mol. The van der Waals surface area contributed by atoms with Crippen molar-refractivity contribution in [2.75, 3.05) is 6.61 Å². The molecule has 0 bridgehead atoms. The maximum absolute atomic E-state index is 12.9. The van der Waals surface area contributed by atoms with E-state index >= 15 is 0 Å². The summed E-state index contributed by atoms with van der Waals surface area (Å²) in [5, 5.41) is 34.2. The maximum atomic E-state index is 12.9. The van der Waals surface area contributed by atoms with Gasteiger partial charge in [0.05, 0.1) is 10.4 Å². The van der Waals surface area contributed by atoms with Gasteiger partial charge in [-0.05, 0) is 25.3 Å². The van der Waals surface area contributed by atoms with Crippen LogP contribution in [-0.2, 0) is 10.5 Å². The number of hydrogen-bond acceptors (Lipinski definition) is 6. The molecule has 0 saturated carbocycles. The van der Waals surface area contributed by atoms with Crippen LogP contribution in [0, 0.1) is 10.1 Å². The third-order valence-corrected chi connectivity index (χ3v) is 4.06. The summed E-state index contributed by atoms with van der Waals surface area (Å²) in [6.45, 7) is 0.511. The molecule has 0 aliphatic carbocycles. The van der Waals surface area contributed by atoms with Crippen LogP contribution < -0.4 is 0 Å². The zero-order chi connectivity index (χ0) is 18.4. The van der Waals surface area contributed by atoms with Crippen molar-refractivity contribution in [2.24, 2.45) is 0 Å². The number of nitrogens with zero attached hydrogens (tertiary/aromatic N) is 3. The molecule has 1 aliphatic rings. The van der Waals surface area contributed by atoms with Crippen LogP contribution in [0.4, 0.5) is 18.9 Å². The van der Waals surface area contributed by atoms with Crippen LogP contribution in [0.1, 0.15) is 31.1 Å². The lowest BCUT2D eigenvalue weighted by molar-refractivity contribution is -0.398. The number of aliphatic hydroxyl groups is 2. The Hall–Kier alpha value is -2.24. The molecule has 2 heterocycles. The summed E-state index contributed by atoms with van der Waals surface area (Å²) in [6, 6.07) is 1.50. The number of halogens is 3. The summed E-state index contributed by atoms with van der Waals surface area (Å²) in [7, 11) is 0. The maximum Gasteiger partial charge on any atom is 0.448 e. The number of ether oxygens (including phenoxy) is 1.